The Morgan fingerprint density at radius 3 is 2.38 bits per heavy atom. The normalized spacial score (nSPS) is 11.9. The molecule has 0 aliphatic rings. The molecule has 0 bridgehead atoms. The Morgan fingerprint density at radius 1 is 0.923 bits per heavy atom. The minimum atomic E-state index is -4.51. The first-order valence-electron chi connectivity index (χ1n) is 12.0. The van der Waals surface area contributed by atoms with Crippen molar-refractivity contribution in [2.24, 2.45) is 0 Å². The number of hydrogen-bond donors (Lipinski definition) is 4. The fourth-order valence-corrected chi connectivity index (χ4v) is 3.87. The maximum absolute atomic E-state index is 13.3. The predicted molar refractivity (Wildman–Crippen MR) is 144 cm³/mol. The maximum Gasteiger partial charge on any atom is 0.416 e. The molecule has 3 heterocycles. The quantitative estimate of drug-likeness (QED) is 0.197. The van der Waals surface area contributed by atoms with Gasteiger partial charge >= 0.3 is 12.2 Å². The van der Waals surface area contributed by atoms with Gasteiger partial charge < -0.3 is 15.6 Å². The van der Waals surface area contributed by atoms with Gasteiger partial charge in [0, 0.05) is 29.1 Å². The highest BCUT2D eigenvalue weighted by atomic mass is 19.4. The smallest absolute Gasteiger partial charge is 0.346 e. The highest BCUT2D eigenvalue weighted by molar-refractivity contribution is 5.99. The zero-order chi connectivity index (χ0) is 27.8. The molecule has 0 fully saturated rings. The van der Waals surface area contributed by atoms with Gasteiger partial charge in [-0.1, -0.05) is 26.8 Å². The number of anilines is 4. The fourth-order valence-electron chi connectivity index (χ4n) is 3.87. The van der Waals surface area contributed by atoms with Gasteiger partial charge in [-0.25, -0.2) is 19.4 Å². The van der Waals surface area contributed by atoms with E-state index < -0.39 is 23.2 Å². The van der Waals surface area contributed by atoms with Crippen LogP contribution in [0.2, 0.25) is 0 Å². The molecule has 12 heteroatoms. The molecule has 4 N–H and O–H groups in total. The lowest BCUT2D eigenvalue weighted by Gasteiger charge is -2.14. The number of halogens is 3. The molecule has 0 spiro atoms. The summed E-state index contributed by atoms with van der Waals surface area (Å²) >= 11 is 0. The molecular weight excluding hydrogens is 509 g/mol. The molecular formula is C27H25F3N8O. The van der Waals surface area contributed by atoms with Crippen molar-refractivity contribution in [2.75, 3.05) is 16.0 Å². The Bertz CT molecular complexity index is 1630. The Labute approximate surface area is 221 Å². The lowest BCUT2D eigenvalue weighted by Crippen LogP contribution is -2.21. The third kappa shape index (κ3) is 5.69. The van der Waals surface area contributed by atoms with E-state index in [1.165, 1.54) is 23.1 Å². The van der Waals surface area contributed by atoms with Crippen molar-refractivity contribution < 1.29 is 18.0 Å². The number of fused-ring (bicyclic) bond motifs is 1. The van der Waals surface area contributed by atoms with Crippen LogP contribution in [0.4, 0.5) is 41.0 Å². The number of urea groups is 1. The molecule has 0 unspecified atom stereocenters. The minimum Gasteiger partial charge on any atom is -0.346 e. The van der Waals surface area contributed by atoms with E-state index in [0.29, 0.717) is 22.8 Å². The van der Waals surface area contributed by atoms with Crippen LogP contribution in [0.15, 0.2) is 73.2 Å². The average Bonchev–Trinajstić information content (AvgIpc) is 3.53. The number of aromatic amines is 1. The van der Waals surface area contributed by atoms with E-state index in [1.54, 1.807) is 36.5 Å². The summed E-state index contributed by atoms with van der Waals surface area (Å²) < 4.78 is 41.2. The van der Waals surface area contributed by atoms with Gasteiger partial charge in [0.25, 0.3) is 0 Å². The molecule has 0 atom stereocenters. The van der Waals surface area contributed by atoms with Gasteiger partial charge in [-0.2, -0.15) is 18.3 Å². The zero-order valence-electron chi connectivity index (χ0n) is 21.3. The number of aromatic nitrogens is 5. The van der Waals surface area contributed by atoms with Crippen LogP contribution in [0, 0.1) is 0 Å². The van der Waals surface area contributed by atoms with E-state index in [9.17, 15) is 18.0 Å². The summed E-state index contributed by atoms with van der Waals surface area (Å²) in [7, 11) is 0. The Hall–Kier alpha value is -4.87. The van der Waals surface area contributed by atoms with E-state index >= 15 is 0 Å². The van der Waals surface area contributed by atoms with Crippen molar-refractivity contribution in [1.82, 2.24) is 24.7 Å². The molecule has 5 rings (SSSR count). The maximum atomic E-state index is 13.3. The van der Waals surface area contributed by atoms with Crippen LogP contribution in [-0.2, 0) is 11.6 Å². The van der Waals surface area contributed by atoms with Crippen LogP contribution in [-0.4, -0.2) is 30.8 Å². The summed E-state index contributed by atoms with van der Waals surface area (Å²) in [5, 5.41) is 14.0. The van der Waals surface area contributed by atoms with Gasteiger partial charge in [0.05, 0.1) is 22.3 Å². The molecule has 2 amide bonds. The first-order valence-corrected chi connectivity index (χ1v) is 12.0. The third-order valence-corrected chi connectivity index (χ3v) is 5.90. The van der Waals surface area contributed by atoms with Crippen molar-refractivity contribution in [2.45, 2.75) is 32.4 Å². The van der Waals surface area contributed by atoms with Gasteiger partial charge in [-0.3, -0.25) is 5.32 Å². The second kappa shape index (κ2) is 9.78. The lowest BCUT2D eigenvalue weighted by atomic mass is 9.92. The molecule has 0 aliphatic carbocycles. The fraction of sp³-hybridized carbons (Fsp3) is 0.185. The number of H-pyrrole nitrogens is 1. The van der Waals surface area contributed by atoms with Gasteiger partial charge in [0.15, 0.2) is 0 Å². The van der Waals surface area contributed by atoms with Crippen molar-refractivity contribution in [3.63, 3.8) is 0 Å². The number of nitrogens with zero attached hydrogens (tertiary/aromatic N) is 4. The molecule has 9 nitrogen and oxygen atoms in total. The molecule has 0 saturated carbocycles. The van der Waals surface area contributed by atoms with E-state index in [2.05, 4.69) is 36.0 Å². The number of amides is 2. The molecule has 3 aromatic heterocycles. The summed E-state index contributed by atoms with van der Waals surface area (Å²) in [6, 6.07) is 14.7. The number of carbonyl (C=O) groups excluding carboxylic acids is 1. The predicted octanol–water partition coefficient (Wildman–Crippen LogP) is 6.85. The SMILES string of the molecule is CC(C)(C)c1cc(NC(=O)Nc2ccc(Nc3ncnc4[nH]ccc34)cc2)n(-c2cccc(C(F)(F)F)c2)n1. The zero-order valence-corrected chi connectivity index (χ0v) is 21.3. The highest BCUT2D eigenvalue weighted by Gasteiger charge is 2.31. The summed E-state index contributed by atoms with van der Waals surface area (Å²) in [6.45, 7) is 5.77. The topological polar surface area (TPSA) is 113 Å². The first kappa shape index (κ1) is 25.8. The summed E-state index contributed by atoms with van der Waals surface area (Å²) in [5.74, 6) is 0.867. The summed E-state index contributed by atoms with van der Waals surface area (Å²) in [4.78, 5) is 24.3. The number of hydrogen-bond acceptors (Lipinski definition) is 5. The summed E-state index contributed by atoms with van der Waals surface area (Å²) in [5.41, 5.74) is 1.53. The van der Waals surface area contributed by atoms with Crippen molar-refractivity contribution in [1.29, 1.82) is 0 Å². The van der Waals surface area contributed by atoms with Gasteiger partial charge in [-0.15, -0.1) is 0 Å². The molecule has 0 aliphatic heterocycles. The standard InChI is InChI=1S/C27H25F3N8O/c1-26(2,3)21-14-22(38(37-21)19-6-4-5-16(13-19)27(28,29)30)36-25(39)35-18-9-7-17(8-10-18)34-24-20-11-12-31-23(20)32-15-33-24/h4-15H,1-3H3,(H2,35,36,39)(H2,31,32,33,34). The van der Waals surface area contributed by atoms with Crippen LogP contribution >= 0.6 is 0 Å². The van der Waals surface area contributed by atoms with E-state index in [4.69, 9.17) is 0 Å². The van der Waals surface area contributed by atoms with Crippen molar-refractivity contribution >= 4 is 40.1 Å². The number of alkyl halides is 3. The monoisotopic (exact) mass is 534 g/mol. The summed E-state index contributed by atoms with van der Waals surface area (Å²) in [6.07, 6.45) is -1.28. The van der Waals surface area contributed by atoms with Crippen LogP contribution in [0.25, 0.3) is 16.7 Å². The van der Waals surface area contributed by atoms with Gasteiger partial charge in [0.2, 0.25) is 0 Å². The number of nitrogens with one attached hydrogen (secondary N) is 4. The number of rotatable bonds is 5. The second-order valence-corrected chi connectivity index (χ2v) is 9.87. The van der Waals surface area contributed by atoms with Crippen LogP contribution in [0.3, 0.4) is 0 Å². The second-order valence-electron chi connectivity index (χ2n) is 9.87. The molecule has 5 aromatic rings. The Kier molecular flexibility index (Phi) is 6.46. The van der Waals surface area contributed by atoms with Crippen LogP contribution in [0.5, 0.6) is 0 Å². The molecule has 0 saturated heterocycles. The van der Waals surface area contributed by atoms with Gasteiger partial charge in [0.1, 0.15) is 23.6 Å². The lowest BCUT2D eigenvalue weighted by molar-refractivity contribution is -0.137. The largest absolute Gasteiger partial charge is 0.416 e. The molecule has 2 aromatic carbocycles. The minimum absolute atomic E-state index is 0.173. The highest BCUT2D eigenvalue weighted by Crippen LogP contribution is 2.32. The molecule has 39 heavy (non-hydrogen) atoms. The molecule has 0 radical (unpaired) electrons. The van der Waals surface area contributed by atoms with Gasteiger partial charge in [-0.05, 0) is 48.5 Å². The van der Waals surface area contributed by atoms with Crippen molar-refractivity contribution in [3.8, 4) is 5.69 Å². The Balaban J connectivity index is 1.33. The molecule has 200 valence electrons. The Morgan fingerprint density at radius 2 is 1.67 bits per heavy atom. The van der Waals surface area contributed by atoms with Crippen LogP contribution < -0.4 is 16.0 Å². The number of carbonyl (C=O) groups is 1. The van der Waals surface area contributed by atoms with Crippen LogP contribution in [0.1, 0.15) is 32.0 Å². The number of benzene rings is 2. The van der Waals surface area contributed by atoms with E-state index in [0.717, 1.165) is 23.2 Å². The van der Waals surface area contributed by atoms with E-state index in [-0.39, 0.29) is 11.5 Å². The van der Waals surface area contributed by atoms with E-state index in [1.807, 2.05) is 26.8 Å². The first-order chi connectivity index (χ1) is 18.5. The van der Waals surface area contributed by atoms with Crippen molar-refractivity contribution in [3.05, 3.63) is 84.4 Å². The third-order valence-electron chi connectivity index (χ3n) is 5.90. The average molecular weight is 535 g/mol.